The number of nitrogens with one attached hydrogen (secondary N) is 2. The zero-order valence-electron chi connectivity index (χ0n) is 23.1. The van der Waals surface area contributed by atoms with E-state index in [2.05, 4.69) is 24.5 Å². The van der Waals surface area contributed by atoms with Gasteiger partial charge >= 0.3 is 0 Å². The van der Waals surface area contributed by atoms with E-state index in [0.29, 0.717) is 13.0 Å². The number of hydrogen-bond donors (Lipinski definition) is 3. The van der Waals surface area contributed by atoms with Crippen LogP contribution in [0, 0.1) is 34.0 Å². The van der Waals surface area contributed by atoms with E-state index >= 15 is 0 Å². The number of nitrogens with two attached hydrogens (primary N) is 1. The second-order valence-corrected chi connectivity index (χ2v) is 13.7. The minimum absolute atomic E-state index is 0.0616. The Labute approximate surface area is 214 Å². The Morgan fingerprint density at radius 1 is 1.00 bits per heavy atom. The molecule has 1 unspecified atom stereocenters. The van der Waals surface area contributed by atoms with Crippen LogP contribution in [0.25, 0.3) is 0 Å². The van der Waals surface area contributed by atoms with Crippen LogP contribution in [-0.2, 0) is 24.0 Å². The van der Waals surface area contributed by atoms with Gasteiger partial charge in [0.25, 0.3) is 5.91 Å². The lowest BCUT2D eigenvalue weighted by Crippen LogP contribution is -2.61. The molecule has 0 aromatic rings. The molecular formula is C27H44N4O5. The fraction of sp³-hybridized carbons (Fsp3) is 0.815. The first-order chi connectivity index (χ1) is 16.4. The minimum Gasteiger partial charge on any atom is -0.363 e. The Balaban J connectivity index is 1.86. The van der Waals surface area contributed by atoms with Crippen LogP contribution >= 0.6 is 0 Å². The highest BCUT2D eigenvalue weighted by Gasteiger charge is 2.70. The Kier molecular flexibility index (Phi) is 7.38. The zero-order chi connectivity index (χ0) is 27.4. The SMILES string of the molecule is CC(C)(C)C(=O)N[C@H](C(=O)N1C[C@H]2[C@@H]([C@H]1C(=O)NC(CC1CCC1)C(=O)C(N)=O)C2(C)C)C(C)(C)C. The molecule has 1 aliphatic heterocycles. The van der Waals surface area contributed by atoms with Gasteiger partial charge in [0.15, 0.2) is 0 Å². The molecule has 0 aromatic carbocycles. The zero-order valence-corrected chi connectivity index (χ0v) is 23.1. The summed E-state index contributed by atoms with van der Waals surface area (Å²) in [4.78, 5) is 66.2. The van der Waals surface area contributed by atoms with Crippen LogP contribution in [-0.4, -0.2) is 59.0 Å². The summed E-state index contributed by atoms with van der Waals surface area (Å²) in [6.07, 6.45) is 3.33. The van der Waals surface area contributed by atoms with Crippen molar-refractivity contribution in [1.82, 2.24) is 15.5 Å². The molecule has 0 bridgehead atoms. The summed E-state index contributed by atoms with van der Waals surface area (Å²) >= 11 is 0. The van der Waals surface area contributed by atoms with Crippen molar-refractivity contribution in [3.8, 4) is 0 Å². The maximum atomic E-state index is 13.9. The molecule has 9 heteroatoms. The number of primary amides is 1. The second-order valence-electron chi connectivity index (χ2n) is 13.7. The summed E-state index contributed by atoms with van der Waals surface area (Å²) in [7, 11) is 0. The van der Waals surface area contributed by atoms with Crippen LogP contribution in [0.3, 0.4) is 0 Å². The fourth-order valence-electron chi connectivity index (χ4n) is 5.70. The molecule has 5 atom stereocenters. The summed E-state index contributed by atoms with van der Waals surface area (Å²) in [6, 6.07) is -2.59. The Hall–Kier alpha value is -2.45. The number of carbonyl (C=O) groups is 5. The maximum Gasteiger partial charge on any atom is 0.287 e. The summed E-state index contributed by atoms with van der Waals surface area (Å²) in [6.45, 7) is 15.6. The lowest BCUT2D eigenvalue weighted by atomic mass is 9.80. The first-order valence-corrected chi connectivity index (χ1v) is 13.1. The fourth-order valence-corrected chi connectivity index (χ4v) is 5.70. The van der Waals surface area contributed by atoms with Crippen molar-refractivity contribution < 1.29 is 24.0 Å². The minimum atomic E-state index is -1.07. The molecule has 9 nitrogen and oxygen atoms in total. The van der Waals surface area contributed by atoms with Crippen LogP contribution < -0.4 is 16.4 Å². The number of Topliss-reactive ketones (excluding diaryl/α,β-unsaturated/α-hetero) is 1. The van der Waals surface area contributed by atoms with Crippen molar-refractivity contribution in [2.45, 2.75) is 99.2 Å². The van der Waals surface area contributed by atoms with Gasteiger partial charge in [-0.2, -0.15) is 0 Å². The van der Waals surface area contributed by atoms with E-state index in [1.54, 1.807) is 25.7 Å². The molecule has 2 saturated carbocycles. The van der Waals surface area contributed by atoms with Crippen LogP contribution in [0.4, 0.5) is 0 Å². The Morgan fingerprint density at radius 3 is 2.03 bits per heavy atom. The quantitative estimate of drug-likeness (QED) is 0.433. The van der Waals surface area contributed by atoms with Crippen LogP contribution in [0.1, 0.15) is 81.1 Å². The first kappa shape index (κ1) is 28.1. The monoisotopic (exact) mass is 504 g/mol. The topological polar surface area (TPSA) is 139 Å². The van der Waals surface area contributed by atoms with Gasteiger partial charge in [-0.25, -0.2) is 0 Å². The summed E-state index contributed by atoms with van der Waals surface area (Å²) in [5.41, 5.74) is 3.89. The molecule has 0 spiro atoms. The molecule has 3 fully saturated rings. The number of ketones is 1. The van der Waals surface area contributed by atoms with E-state index in [0.717, 1.165) is 19.3 Å². The normalized spacial score (nSPS) is 26.8. The van der Waals surface area contributed by atoms with Gasteiger partial charge in [0.05, 0.1) is 6.04 Å². The van der Waals surface area contributed by atoms with Crippen molar-refractivity contribution in [2.24, 2.45) is 39.7 Å². The van der Waals surface area contributed by atoms with Gasteiger partial charge in [0, 0.05) is 12.0 Å². The van der Waals surface area contributed by atoms with Gasteiger partial charge in [0.2, 0.25) is 23.5 Å². The van der Waals surface area contributed by atoms with E-state index in [4.69, 9.17) is 5.73 Å². The standard InChI is InChI=1S/C27H44N4O5/c1-25(2,3)20(30-24(36)26(4,5)6)23(35)31-13-15-17(27(15,7)8)18(31)22(34)29-16(19(32)21(28)33)12-14-10-9-11-14/h14-18,20H,9-13H2,1-8H3,(H2,28,33)(H,29,34)(H,30,36)/t15-,16?,17-,18-,20+/m0/s1. The molecule has 0 radical (unpaired) electrons. The van der Waals surface area contributed by atoms with Crippen LogP contribution in [0.5, 0.6) is 0 Å². The number of piperidine rings is 1. The molecule has 2 aliphatic carbocycles. The molecule has 3 rings (SSSR count). The van der Waals surface area contributed by atoms with Crippen molar-refractivity contribution >= 4 is 29.4 Å². The lowest BCUT2D eigenvalue weighted by Gasteiger charge is -2.39. The lowest BCUT2D eigenvalue weighted by molar-refractivity contribution is -0.147. The van der Waals surface area contributed by atoms with Gasteiger partial charge in [0.1, 0.15) is 12.1 Å². The number of nitrogens with zero attached hydrogens (tertiary/aromatic N) is 1. The van der Waals surface area contributed by atoms with Crippen molar-refractivity contribution in [3.05, 3.63) is 0 Å². The average Bonchev–Trinajstić information content (AvgIpc) is 3.06. The third-order valence-corrected chi connectivity index (χ3v) is 8.50. The van der Waals surface area contributed by atoms with E-state index in [-0.39, 0.29) is 35.0 Å². The van der Waals surface area contributed by atoms with E-state index in [1.165, 1.54) is 0 Å². The number of rotatable bonds is 8. The molecule has 1 saturated heterocycles. The van der Waals surface area contributed by atoms with Gasteiger partial charge in [-0.1, -0.05) is 74.7 Å². The van der Waals surface area contributed by atoms with Gasteiger partial charge < -0.3 is 21.3 Å². The van der Waals surface area contributed by atoms with Crippen molar-refractivity contribution in [1.29, 1.82) is 0 Å². The number of likely N-dealkylation sites (tertiary alicyclic amines) is 1. The second kappa shape index (κ2) is 9.45. The van der Waals surface area contributed by atoms with E-state index < -0.39 is 46.6 Å². The largest absolute Gasteiger partial charge is 0.363 e. The number of fused-ring (bicyclic) bond motifs is 1. The Morgan fingerprint density at radius 2 is 1.58 bits per heavy atom. The van der Waals surface area contributed by atoms with E-state index in [9.17, 15) is 24.0 Å². The summed E-state index contributed by atoms with van der Waals surface area (Å²) < 4.78 is 0. The van der Waals surface area contributed by atoms with Crippen LogP contribution in [0.15, 0.2) is 0 Å². The molecule has 0 aromatic heterocycles. The first-order valence-electron chi connectivity index (χ1n) is 13.1. The number of carbonyl (C=O) groups excluding carboxylic acids is 5. The number of amides is 4. The average molecular weight is 505 g/mol. The molecular weight excluding hydrogens is 460 g/mol. The molecule has 202 valence electrons. The highest BCUT2D eigenvalue weighted by Crippen LogP contribution is 2.65. The third kappa shape index (κ3) is 5.44. The van der Waals surface area contributed by atoms with Crippen LogP contribution in [0.2, 0.25) is 0 Å². The molecule has 4 amide bonds. The predicted molar refractivity (Wildman–Crippen MR) is 135 cm³/mol. The predicted octanol–water partition coefficient (Wildman–Crippen LogP) is 1.78. The van der Waals surface area contributed by atoms with E-state index in [1.807, 2.05) is 20.8 Å². The summed E-state index contributed by atoms with van der Waals surface area (Å²) in [5, 5.41) is 5.71. The van der Waals surface area contributed by atoms with Gasteiger partial charge in [-0.05, 0) is 35.0 Å². The Bertz CT molecular complexity index is 941. The maximum absolute atomic E-state index is 13.9. The molecule has 36 heavy (non-hydrogen) atoms. The molecule has 1 heterocycles. The van der Waals surface area contributed by atoms with Crippen molar-refractivity contribution in [2.75, 3.05) is 6.54 Å². The highest BCUT2D eigenvalue weighted by atomic mass is 16.2. The highest BCUT2D eigenvalue weighted by molar-refractivity contribution is 6.37. The van der Waals surface area contributed by atoms with Gasteiger partial charge in [-0.15, -0.1) is 0 Å². The third-order valence-electron chi connectivity index (χ3n) is 8.50. The van der Waals surface area contributed by atoms with Gasteiger partial charge in [-0.3, -0.25) is 24.0 Å². The molecule has 3 aliphatic rings. The smallest absolute Gasteiger partial charge is 0.287 e. The summed E-state index contributed by atoms with van der Waals surface area (Å²) in [5.74, 6) is -2.50. The molecule has 4 N–H and O–H groups in total. The van der Waals surface area contributed by atoms with Crippen molar-refractivity contribution in [3.63, 3.8) is 0 Å². The number of hydrogen-bond acceptors (Lipinski definition) is 5.